The first kappa shape index (κ1) is 17.5. The quantitative estimate of drug-likeness (QED) is 0.792. The monoisotopic (exact) mass is 288 g/mol. The molecule has 0 saturated heterocycles. The molecule has 5 nitrogen and oxygen atoms in total. The second kappa shape index (κ2) is 9.47. The second-order valence-electron chi connectivity index (χ2n) is 3.96. The van der Waals surface area contributed by atoms with Crippen LogP contribution in [0.1, 0.15) is 6.92 Å². The number of rotatable bonds is 7. The highest BCUT2D eigenvalue weighted by atomic mass is 35.5. The van der Waals surface area contributed by atoms with Crippen LogP contribution in [0.3, 0.4) is 0 Å². The van der Waals surface area contributed by atoms with Crippen LogP contribution in [0.2, 0.25) is 0 Å². The van der Waals surface area contributed by atoms with Gasteiger partial charge in [0.05, 0.1) is 7.11 Å². The van der Waals surface area contributed by atoms with E-state index in [1.807, 2.05) is 14.0 Å². The zero-order valence-electron chi connectivity index (χ0n) is 11.4. The highest BCUT2D eigenvalue weighted by Gasteiger charge is 2.04. The Morgan fingerprint density at radius 1 is 1.26 bits per heavy atom. The number of carbonyl (C=O) groups excluding carboxylic acids is 1. The zero-order chi connectivity index (χ0) is 13.4. The summed E-state index contributed by atoms with van der Waals surface area (Å²) >= 11 is 0. The third-order valence-electron chi connectivity index (χ3n) is 2.53. The van der Waals surface area contributed by atoms with E-state index < -0.39 is 0 Å². The highest BCUT2D eigenvalue weighted by Crippen LogP contribution is 2.16. The van der Waals surface area contributed by atoms with Crippen LogP contribution in [-0.2, 0) is 4.79 Å². The van der Waals surface area contributed by atoms with Crippen molar-refractivity contribution in [1.82, 2.24) is 10.6 Å². The van der Waals surface area contributed by atoms with E-state index in [-0.39, 0.29) is 31.0 Å². The van der Waals surface area contributed by atoms with Gasteiger partial charge in [-0.15, -0.1) is 12.4 Å². The van der Waals surface area contributed by atoms with Crippen molar-refractivity contribution >= 4 is 18.3 Å². The standard InChI is InChI=1S/C13H20N2O3.ClH/c1-10(14-2)8-15-13(16)9-18-12-6-4-11(17-3)5-7-12;/h4-7,10,14H,8-9H2,1-3H3,(H,15,16);1H. The fourth-order valence-electron chi connectivity index (χ4n) is 1.24. The topological polar surface area (TPSA) is 59.6 Å². The van der Waals surface area contributed by atoms with Crippen molar-refractivity contribution in [2.75, 3.05) is 27.3 Å². The number of amides is 1. The molecule has 6 heteroatoms. The predicted octanol–water partition coefficient (Wildman–Crippen LogP) is 1.22. The van der Waals surface area contributed by atoms with Crippen molar-refractivity contribution in [2.24, 2.45) is 0 Å². The summed E-state index contributed by atoms with van der Waals surface area (Å²) in [7, 11) is 3.46. The first-order chi connectivity index (χ1) is 8.65. The average molecular weight is 289 g/mol. The van der Waals surface area contributed by atoms with Gasteiger partial charge in [0.1, 0.15) is 11.5 Å². The number of likely N-dealkylation sites (N-methyl/N-ethyl adjacent to an activating group) is 1. The molecule has 0 fully saturated rings. The van der Waals surface area contributed by atoms with Crippen LogP contribution in [0.25, 0.3) is 0 Å². The van der Waals surface area contributed by atoms with Gasteiger partial charge in [0.15, 0.2) is 6.61 Å². The average Bonchev–Trinajstić information content (AvgIpc) is 2.42. The molecule has 1 rings (SSSR count). The maximum atomic E-state index is 11.5. The van der Waals surface area contributed by atoms with Crippen LogP contribution in [0, 0.1) is 0 Å². The van der Waals surface area contributed by atoms with Gasteiger partial charge in [-0.1, -0.05) is 0 Å². The number of methoxy groups -OCH3 is 1. The van der Waals surface area contributed by atoms with Gasteiger partial charge < -0.3 is 20.1 Å². The normalized spacial score (nSPS) is 11.1. The highest BCUT2D eigenvalue weighted by molar-refractivity contribution is 5.85. The maximum Gasteiger partial charge on any atom is 0.257 e. The van der Waals surface area contributed by atoms with Gasteiger partial charge in [0.25, 0.3) is 5.91 Å². The number of benzene rings is 1. The Bertz CT molecular complexity index is 371. The van der Waals surface area contributed by atoms with Gasteiger partial charge in [-0.3, -0.25) is 4.79 Å². The minimum Gasteiger partial charge on any atom is -0.497 e. The van der Waals surface area contributed by atoms with Crippen LogP contribution < -0.4 is 20.1 Å². The van der Waals surface area contributed by atoms with Crippen LogP contribution in [-0.4, -0.2) is 39.3 Å². The van der Waals surface area contributed by atoms with Gasteiger partial charge >= 0.3 is 0 Å². The van der Waals surface area contributed by atoms with E-state index in [2.05, 4.69) is 10.6 Å². The van der Waals surface area contributed by atoms with Gasteiger partial charge in [-0.25, -0.2) is 0 Å². The fraction of sp³-hybridized carbons (Fsp3) is 0.462. The Kier molecular flexibility index (Phi) is 8.74. The lowest BCUT2D eigenvalue weighted by Crippen LogP contribution is -2.39. The Morgan fingerprint density at radius 2 is 1.84 bits per heavy atom. The molecule has 1 atom stereocenters. The van der Waals surface area contributed by atoms with Crippen molar-refractivity contribution in [3.05, 3.63) is 24.3 Å². The van der Waals surface area contributed by atoms with Crippen molar-refractivity contribution in [2.45, 2.75) is 13.0 Å². The third kappa shape index (κ3) is 6.88. The molecule has 0 aliphatic heterocycles. The Labute approximate surface area is 120 Å². The van der Waals surface area contributed by atoms with Crippen LogP contribution in [0.5, 0.6) is 11.5 Å². The van der Waals surface area contributed by atoms with E-state index in [4.69, 9.17) is 9.47 Å². The summed E-state index contributed by atoms with van der Waals surface area (Å²) < 4.78 is 10.4. The number of ether oxygens (including phenoxy) is 2. The molecule has 0 heterocycles. The zero-order valence-corrected chi connectivity index (χ0v) is 12.3. The van der Waals surface area contributed by atoms with Crippen LogP contribution in [0.15, 0.2) is 24.3 Å². The lowest BCUT2D eigenvalue weighted by Gasteiger charge is -2.12. The Balaban J connectivity index is 0.00000324. The lowest BCUT2D eigenvalue weighted by atomic mass is 10.3. The summed E-state index contributed by atoms with van der Waals surface area (Å²) in [5, 5.41) is 5.81. The van der Waals surface area contributed by atoms with Crippen LogP contribution >= 0.6 is 12.4 Å². The van der Waals surface area contributed by atoms with Gasteiger partial charge in [-0.2, -0.15) is 0 Å². The summed E-state index contributed by atoms with van der Waals surface area (Å²) in [6, 6.07) is 7.35. The van der Waals surface area contributed by atoms with E-state index in [0.29, 0.717) is 12.3 Å². The molecule has 1 aromatic rings. The molecule has 19 heavy (non-hydrogen) atoms. The Hall–Kier alpha value is -1.46. The number of nitrogens with one attached hydrogen (secondary N) is 2. The SMILES string of the molecule is CNC(C)CNC(=O)COc1ccc(OC)cc1.Cl. The lowest BCUT2D eigenvalue weighted by molar-refractivity contribution is -0.123. The van der Waals surface area contributed by atoms with Gasteiger partial charge in [0.2, 0.25) is 0 Å². The van der Waals surface area contributed by atoms with Gasteiger partial charge in [-0.05, 0) is 38.2 Å². The summed E-state index contributed by atoms with van der Waals surface area (Å²) in [4.78, 5) is 11.5. The van der Waals surface area contributed by atoms with Crippen LogP contribution in [0.4, 0.5) is 0 Å². The molecule has 1 aromatic carbocycles. The predicted molar refractivity (Wildman–Crippen MR) is 77.3 cm³/mol. The summed E-state index contributed by atoms with van der Waals surface area (Å²) in [6.45, 7) is 2.59. The smallest absolute Gasteiger partial charge is 0.257 e. The van der Waals surface area contributed by atoms with Gasteiger partial charge in [0, 0.05) is 12.6 Å². The van der Waals surface area contributed by atoms with E-state index in [1.165, 1.54) is 0 Å². The van der Waals surface area contributed by atoms with Crippen molar-refractivity contribution in [3.63, 3.8) is 0 Å². The second-order valence-corrected chi connectivity index (χ2v) is 3.96. The molecule has 0 spiro atoms. The molecule has 2 N–H and O–H groups in total. The Morgan fingerprint density at radius 3 is 2.37 bits per heavy atom. The molecule has 1 amide bonds. The van der Waals surface area contributed by atoms with E-state index in [9.17, 15) is 4.79 Å². The molecule has 0 aliphatic carbocycles. The van der Waals surface area contributed by atoms with Crippen molar-refractivity contribution in [1.29, 1.82) is 0 Å². The minimum atomic E-state index is -0.132. The molecule has 0 aliphatic rings. The molecule has 0 bridgehead atoms. The fourth-order valence-corrected chi connectivity index (χ4v) is 1.24. The largest absolute Gasteiger partial charge is 0.497 e. The molecule has 1 unspecified atom stereocenters. The number of halogens is 1. The number of hydrogen-bond donors (Lipinski definition) is 2. The first-order valence-corrected chi connectivity index (χ1v) is 5.86. The molecular weight excluding hydrogens is 268 g/mol. The number of carbonyl (C=O) groups is 1. The van der Waals surface area contributed by atoms with E-state index >= 15 is 0 Å². The maximum absolute atomic E-state index is 11.5. The van der Waals surface area contributed by atoms with Crippen molar-refractivity contribution in [3.8, 4) is 11.5 Å². The summed E-state index contributed by atoms with van der Waals surface area (Å²) in [6.07, 6.45) is 0. The molecule has 0 aromatic heterocycles. The number of hydrogen-bond acceptors (Lipinski definition) is 4. The first-order valence-electron chi connectivity index (χ1n) is 5.86. The van der Waals surface area contributed by atoms with E-state index in [0.717, 1.165) is 5.75 Å². The summed E-state index contributed by atoms with van der Waals surface area (Å²) in [5.74, 6) is 1.27. The third-order valence-corrected chi connectivity index (χ3v) is 2.53. The molecule has 0 saturated carbocycles. The molecular formula is C13H21ClN2O3. The molecule has 108 valence electrons. The molecule has 0 radical (unpaired) electrons. The minimum absolute atomic E-state index is 0. The summed E-state index contributed by atoms with van der Waals surface area (Å²) in [5.41, 5.74) is 0. The van der Waals surface area contributed by atoms with E-state index in [1.54, 1.807) is 31.4 Å². The van der Waals surface area contributed by atoms with Crippen molar-refractivity contribution < 1.29 is 14.3 Å².